The van der Waals surface area contributed by atoms with Crippen LogP contribution < -0.4 is 5.32 Å². The van der Waals surface area contributed by atoms with E-state index >= 15 is 0 Å². The summed E-state index contributed by atoms with van der Waals surface area (Å²) in [7, 11) is 0. The highest BCUT2D eigenvalue weighted by molar-refractivity contribution is 5.25. The summed E-state index contributed by atoms with van der Waals surface area (Å²) in [6.07, 6.45) is 7.27. The molecule has 0 amide bonds. The van der Waals surface area contributed by atoms with E-state index in [1.165, 1.54) is 17.7 Å². The molecule has 0 aromatic carbocycles. The maximum atomic E-state index is 4.56. The zero-order valence-corrected chi connectivity index (χ0v) is 11.2. The van der Waals surface area contributed by atoms with Crippen LogP contribution in [0.4, 0.5) is 0 Å². The molecule has 1 aliphatic carbocycles. The molecule has 2 aromatic rings. The molecular weight excluding hydrogens is 234 g/mol. The number of aromatic nitrogens is 2. The van der Waals surface area contributed by atoms with Crippen molar-refractivity contribution >= 4 is 0 Å². The Hall–Kier alpha value is -1.74. The van der Waals surface area contributed by atoms with E-state index in [0.717, 1.165) is 18.5 Å². The summed E-state index contributed by atoms with van der Waals surface area (Å²) in [6, 6.07) is 10.9. The van der Waals surface area contributed by atoms with Gasteiger partial charge in [-0.25, -0.2) is 0 Å². The topological polar surface area (TPSA) is 37.8 Å². The fourth-order valence-corrected chi connectivity index (χ4v) is 2.79. The largest absolute Gasteiger partial charge is 0.301 e. The number of nitrogens with zero attached hydrogens (tertiary/aromatic N) is 2. The van der Waals surface area contributed by atoms with Crippen LogP contribution in [-0.4, -0.2) is 9.97 Å². The molecule has 0 saturated heterocycles. The number of rotatable bonds is 3. The molecule has 3 heteroatoms. The van der Waals surface area contributed by atoms with Gasteiger partial charge in [-0.2, -0.15) is 0 Å². The first-order chi connectivity index (χ1) is 9.34. The smallest absolute Gasteiger partial charge is 0.0605 e. The van der Waals surface area contributed by atoms with Gasteiger partial charge in [-0.15, -0.1) is 0 Å². The molecule has 3 rings (SSSR count). The normalized spacial score (nSPS) is 19.7. The van der Waals surface area contributed by atoms with Gasteiger partial charge in [0.2, 0.25) is 0 Å². The molecule has 3 nitrogen and oxygen atoms in total. The Morgan fingerprint density at radius 3 is 2.89 bits per heavy atom. The van der Waals surface area contributed by atoms with Crippen LogP contribution in [0, 0.1) is 0 Å². The molecule has 0 aliphatic heterocycles. The van der Waals surface area contributed by atoms with E-state index in [1.807, 2.05) is 30.6 Å². The molecule has 19 heavy (non-hydrogen) atoms. The quantitative estimate of drug-likeness (QED) is 0.912. The van der Waals surface area contributed by atoms with Gasteiger partial charge >= 0.3 is 0 Å². The van der Waals surface area contributed by atoms with E-state index in [9.17, 15) is 0 Å². The van der Waals surface area contributed by atoms with Crippen molar-refractivity contribution < 1.29 is 0 Å². The maximum absolute atomic E-state index is 4.56. The van der Waals surface area contributed by atoms with Crippen LogP contribution in [0.25, 0.3) is 0 Å². The molecule has 2 heterocycles. The average Bonchev–Trinajstić information content (AvgIpc) is 2.48. The van der Waals surface area contributed by atoms with Crippen LogP contribution in [0.5, 0.6) is 0 Å². The summed E-state index contributed by atoms with van der Waals surface area (Å²) in [5.74, 6) is 0. The molecule has 2 aromatic heterocycles. The van der Waals surface area contributed by atoms with Crippen molar-refractivity contribution in [3.63, 3.8) is 0 Å². The summed E-state index contributed by atoms with van der Waals surface area (Å²) >= 11 is 0. The van der Waals surface area contributed by atoms with Gasteiger partial charge in [0.25, 0.3) is 0 Å². The molecule has 2 atom stereocenters. The summed E-state index contributed by atoms with van der Waals surface area (Å²) in [4.78, 5) is 8.98. The Bertz CT molecular complexity index is 539. The van der Waals surface area contributed by atoms with Crippen LogP contribution in [0.15, 0.2) is 42.7 Å². The standard InChI is InChI=1S/C16H19N3/c1-12(14-8-2-3-10-17-14)19-15-9-4-6-13-7-5-11-18-16(13)15/h2-3,5,7-8,10-12,15,19H,4,6,9H2,1H3/t12-,15?/m1/s1. The lowest BCUT2D eigenvalue weighted by atomic mass is 9.91. The number of aryl methyl sites for hydroxylation is 1. The second-order valence-electron chi connectivity index (χ2n) is 5.14. The Morgan fingerprint density at radius 1 is 1.16 bits per heavy atom. The summed E-state index contributed by atoms with van der Waals surface area (Å²) in [5.41, 5.74) is 3.70. The van der Waals surface area contributed by atoms with E-state index in [4.69, 9.17) is 0 Å². The van der Waals surface area contributed by atoms with E-state index < -0.39 is 0 Å². The predicted octanol–water partition coefficient (Wildman–Crippen LogP) is 3.20. The van der Waals surface area contributed by atoms with Crippen LogP contribution in [0.3, 0.4) is 0 Å². The molecule has 1 N–H and O–H groups in total. The fourth-order valence-electron chi connectivity index (χ4n) is 2.79. The van der Waals surface area contributed by atoms with Gasteiger partial charge in [0, 0.05) is 18.4 Å². The van der Waals surface area contributed by atoms with Crippen molar-refractivity contribution in [2.75, 3.05) is 0 Å². The summed E-state index contributed by atoms with van der Waals surface area (Å²) in [6.45, 7) is 2.17. The van der Waals surface area contributed by atoms with Crippen LogP contribution in [0.2, 0.25) is 0 Å². The minimum absolute atomic E-state index is 0.249. The van der Waals surface area contributed by atoms with Crippen molar-refractivity contribution in [2.45, 2.75) is 38.3 Å². The lowest BCUT2D eigenvalue weighted by Gasteiger charge is -2.28. The van der Waals surface area contributed by atoms with Crippen LogP contribution in [0.1, 0.15) is 48.8 Å². The predicted molar refractivity (Wildman–Crippen MR) is 75.7 cm³/mol. The molecule has 0 spiro atoms. The Kier molecular flexibility index (Phi) is 3.56. The van der Waals surface area contributed by atoms with E-state index in [2.05, 4.69) is 34.3 Å². The number of hydrogen-bond donors (Lipinski definition) is 1. The minimum Gasteiger partial charge on any atom is -0.301 e. The summed E-state index contributed by atoms with van der Waals surface area (Å²) < 4.78 is 0. The first kappa shape index (κ1) is 12.3. The highest BCUT2D eigenvalue weighted by Gasteiger charge is 2.23. The molecule has 0 radical (unpaired) electrons. The zero-order chi connectivity index (χ0) is 13.1. The van der Waals surface area contributed by atoms with Crippen LogP contribution in [-0.2, 0) is 6.42 Å². The van der Waals surface area contributed by atoms with Gasteiger partial charge < -0.3 is 5.32 Å². The van der Waals surface area contributed by atoms with Gasteiger partial charge in [-0.1, -0.05) is 12.1 Å². The third kappa shape index (κ3) is 2.66. The van der Waals surface area contributed by atoms with Gasteiger partial charge in [0.15, 0.2) is 0 Å². The summed E-state index contributed by atoms with van der Waals surface area (Å²) in [5, 5.41) is 3.67. The third-order valence-corrected chi connectivity index (χ3v) is 3.78. The Morgan fingerprint density at radius 2 is 2.05 bits per heavy atom. The third-order valence-electron chi connectivity index (χ3n) is 3.78. The van der Waals surface area contributed by atoms with Gasteiger partial charge in [-0.05, 0) is 49.9 Å². The highest BCUT2D eigenvalue weighted by Crippen LogP contribution is 2.29. The lowest BCUT2D eigenvalue weighted by Crippen LogP contribution is -2.29. The van der Waals surface area contributed by atoms with Crippen molar-refractivity contribution in [1.82, 2.24) is 15.3 Å². The first-order valence-electron chi connectivity index (χ1n) is 6.95. The van der Waals surface area contributed by atoms with E-state index in [-0.39, 0.29) is 6.04 Å². The van der Waals surface area contributed by atoms with Gasteiger partial charge in [-0.3, -0.25) is 9.97 Å². The second-order valence-corrected chi connectivity index (χ2v) is 5.14. The maximum Gasteiger partial charge on any atom is 0.0605 e. The lowest BCUT2D eigenvalue weighted by molar-refractivity contribution is 0.402. The van der Waals surface area contributed by atoms with Gasteiger partial charge in [0.05, 0.1) is 17.4 Å². The minimum atomic E-state index is 0.249. The van der Waals surface area contributed by atoms with Gasteiger partial charge in [0.1, 0.15) is 0 Å². The first-order valence-corrected chi connectivity index (χ1v) is 6.95. The molecule has 98 valence electrons. The molecule has 0 fully saturated rings. The SMILES string of the molecule is C[C@@H](NC1CCCc2cccnc21)c1ccccn1. The monoisotopic (exact) mass is 253 g/mol. The van der Waals surface area contributed by atoms with E-state index in [0.29, 0.717) is 6.04 Å². The Balaban J connectivity index is 1.78. The van der Waals surface area contributed by atoms with Crippen molar-refractivity contribution in [1.29, 1.82) is 0 Å². The van der Waals surface area contributed by atoms with Crippen LogP contribution >= 0.6 is 0 Å². The fraction of sp³-hybridized carbons (Fsp3) is 0.375. The highest BCUT2D eigenvalue weighted by atomic mass is 15.0. The average molecular weight is 253 g/mol. The number of hydrogen-bond acceptors (Lipinski definition) is 3. The second kappa shape index (κ2) is 5.49. The molecule has 1 aliphatic rings. The molecule has 1 unspecified atom stereocenters. The van der Waals surface area contributed by atoms with Crippen molar-refractivity contribution in [2.24, 2.45) is 0 Å². The molecule has 0 bridgehead atoms. The number of fused-ring (bicyclic) bond motifs is 1. The molecular formula is C16H19N3. The number of nitrogens with one attached hydrogen (secondary N) is 1. The van der Waals surface area contributed by atoms with Crippen molar-refractivity contribution in [3.05, 3.63) is 59.7 Å². The number of pyridine rings is 2. The zero-order valence-electron chi connectivity index (χ0n) is 11.2. The molecule has 0 saturated carbocycles. The van der Waals surface area contributed by atoms with Crippen molar-refractivity contribution in [3.8, 4) is 0 Å². The Labute approximate surface area is 114 Å². The van der Waals surface area contributed by atoms with E-state index in [1.54, 1.807) is 0 Å².